The lowest BCUT2D eigenvalue weighted by Gasteiger charge is -2.20. The van der Waals surface area contributed by atoms with E-state index in [2.05, 4.69) is 5.32 Å². The number of aryl methyl sites for hydroxylation is 2. The highest BCUT2D eigenvalue weighted by Gasteiger charge is 2.20. The fourth-order valence-electron chi connectivity index (χ4n) is 2.10. The molecule has 0 radical (unpaired) electrons. The fourth-order valence-corrected chi connectivity index (χ4v) is 2.10. The van der Waals surface area contributed by atoms with Crippen LogP contribution in [0.4, 0.5) is 21.9 Å². The number of nitrogens with one attached hydrogen (secondary N) is 1. The van der Waals surface area contributed by atoms with E-state index >= 15 is 0 Å². The summed E-state index contributed by atoms with van der Waals surface area (Å²) < 4.78 is 0. The number of imide groups is 1. The monoisotopic (exact) mass is 297 g/mol. The van der Waals surface area contributed by atoms with Gasteiger partial charge in [0, 0.05) is 18.3 Å². The van der Waals surface area contributed by atoms with Crippen molar-refractivity contribution in [2.45, 2.75) is 20.8 Å². The van der Waals surface area contributed by atoms with Crippen molar-refractivity contribution in [1.82, 2.24) is 0 Å². The normalized spacial score (nSPS) is 10.1. The summed E-state index contributed by atoms with van der Waals surface area (Å²) in [5.74, 6) is -0.382. The predicted octanol–water partition coefficient (Wildman–Crippen LogP) is 3.47. The maximum atomic E-state index is 12.4. The van der Waals surface area contributed by atoms with Gasteiger partial charge in [-0.05, 0) is 55.3 Å². The molecule has 3 amide bonds. The van der Waals surface area contributed by atoms with Crippen LogP contribution in [-0.2, 0) is 4.79 Å². The van der Waals surface area contributed by atoms with Gasteiger partial charge in [-0.25, -0.2) is 9.69 Å². The zero-order valence-corrected chi connectivity index (χ0v) is 12.9. The number of rotatable bonds is 2. The maximum Gasteiger partial charge on any atom is 0.333 e. The minimum absolute atomic E-state index is 0.382. The second-order valence-corrected chi connectivity index (χ2v) is 5.18. The van der Waals surface area contributed by atoms with Gasteiger partial charge in [-0.1, -0.05) is 12.1 Å². The molecule has 0 heterocycles. The lowest BCUT2D eigenvalue weighted by Crippen LogP contribution is -2.38. The summed E-state index contributed by atoms with van der Waals surface area (Å²) in [6.45, 7) is 5.30. The topological polar surface area (TPSA) is 75.4 Å². The average molecular weight is 297 g/mol. The van der Waals surface area contributed by atoms with E-state index in [-0.39, 0.29) is 5.91 Å². The second kappa shape index (κ2) is 6.30. The first-order valence-electron chi connectivity index (χ1n) is 6.93. The van der Waals surface area contributed by atoms with Crippen molar-refractivity contribution in [3.05, 3.63) is 53.6 Å². The molecule has 0 unspecified atom stereocenters. The Labute approximate surface area is 129 Å². The van der Waals surface area contributed by atoms with Crippen molar-refractivity contribution in [2.24, 2.45) is 0 Å². The molecule has 0 saturated carbocycles. The molecular weight excluding hydrogens is 278 g/mol. The van der Waals surface area contributed by atoms with Gasteiger partial charge in [0.2, 0.25) is 5.91 Å². The fraction of sp³-hybridized carbons (Fsp3) is 0.176. The average Bonchev–Trinajstić information content (AvgIpc) is 2.42. The molecule has 22 heavy (non-hydrogen) atoms. The first-order chi connectivity index (χ1) is 10.4. The Bertz CT molecular complexity index is 726. The van der Waals surface area contributed by atoms with Crippen LogP contribution in [0, 0.1) is 13.8 Å². The Morgan fingerprint density at radius 2 is 1.77 bits per heavy atom. The van der Waals surface area contributed by atoms with E-state index in [1.807, 2.05) is 26.0 Å². The third-order valence-electron chi connectivity index (χ3n) is 3.40. The standard InChI is InChI=1S/C17H19N3O2/c1-11-7-8-15(9-12(11)2)19-17(22)20(13(3)21)16-6-4-5-14(18)10-16/h4-10H,18H2,1-3H3,(H,19,22). The second-order valence-electron chi connectivity index (χ2n) is 5.18. The Balaban J connectivity index is 2.27. The van der Waals surface area contributed by atoms with Crippen molar-refractivity contribution in [3.63, 3.8) is 0 Å². The Hall–Kier alpha value is -2.82. The molecule has 5 heteroatoms. The summed E-state index contributed by atoms with van der Waals surface area (Å²) in [5.41, 5.74) is 9.49. The number of hydrogen-bond donors (Lipinski definition) is 2. The van der Waals surface area contributed by atoms with Gasteiger partial charge in [0.05, 0.1) is 5.69 Å². The van der Waals surface area contributed by atoms with E-state index in [0.29, 0.717) is 17.1 Å². The minimum Gasteiger partial charge on any atom is -0.399 e. The van der Waals surface area contributed by atoms with Crippen LogP contribution < -0.4 is 16.0 Å². The van der Waals surface area contributed by atoms with Gasteiger partial charge in [-0.2, -0.15) is 0 Å². The van der Waals surface area contributed by atoms with Crippen LogP contribution in [0.3, 0.4) is 0 Å². The third kappa shape index (κ3) is 3.44. The molecule has 0 atom stereocenters. The summed E-state index contributed by atoms with van der Waals surface area (Å²) in [7, 11) is 0. The van der Waals surface area contributed by atoms with Gasteiger partial charge in [-0.15, -0.1) is 0 Å². The van der Waals surface area contributed by atoms with Crippen molar-refractivity contribution in [3.8, 4) is 0 Å². The molecule has 3 N–H and O–H groups in total. The van der Waals surface area contributed by atoms with E-state index in [9.17, 15) is 9.59 Å². The smallest absolute Gasteiger partial charge is 0.333 e. The summed E-state index contributed by atoms with van der Waals surface area (Å²) in [6, 6.07) is 11.7. The SMILES string of the molecule is CC(=O)N(C(=O)Nc1ccc(C)c(C)c1)c1cccc(N)c1. The van der Waals surface area contributed by atoms with Crippen molar-refractivity contribution < 1.29 is 9.59 Å². The zero-order valence-electron chi connectivity index (χ0n) is 12.9. The van der Waals surface area contributed by atoms with Gasteiger partial charge < -0.3 is 11.1 Å². The van der Waals surface area contributed by atoms with E-state index in [4.69, 9.17) is 5.73 Å². The van der Waals surface area contributed by atoms with Crippen LogP contribution in [0.5, 0.6) is 0 Å². The first kappa shape index (κ1) is 15.6. The van der Waals surface area contributed by atoms with Gasteiger partial charge in [-0.3, -0.25) is 4.79 Å². The maximum absolute atomic E-state index is 12.4. The minimum atomic E-state index is -0.513. The molecule has 2 aromatic rings. The summed E-state index contributed by atoms with van der Waals surface area (Å²) >= 11 is 0. The molecular formula is C17H19N3O2. The summed E-state index contributed by atoms with van der Waals surface area (Å²) in [4.78, 5) is 25.3. The number of nitrogen functional groups attached to an aromatic ring is 1. The number of benzene rings is 2. The van der Waals surface area contributed by atoms with Crippen LogP contribution >= 0.6 is 0 Å². The largest absolute Gasteiger partial charge is 0.399 e. The van der Waals surface area contributed by atoms with Gasteiger partial charge in [0.1, 0.15) is 0 Å². The van der Waals surface area contributed by atoms with Crippen LogP contribution in [0.15, 0.2) is 42.5 Å². The quantitative estimate of drug-likeness (QED) is 0.833. The van der Waals surface area contributed by atoms with Gasteiger partial charge in [0.25, 0.3) is 0 Å². The molecule has 0 aliphatic carbocycles. The van der Waals surface area contributed by atoms with Crippen LogP contribution in [0.2, 0.25) is 0 Å². The van der Waals surface area contributed by atoms with Crippen LogP contribution in [-0.4, -0.2) is 11.9 Å². The lowest BCUT2D eigenvalue weighted by atomic mass is 10.1. The third-order valence-corrected chi connectivity index (χ3v) is 3.40. The highest BCUT2D eigenvalue weighted by molar-refractivity contribution is 6.17. The molecule has 0 aliphatic heterocycles. The number of nitrogens with two attached hydrogens (primary N) is 1. The molecule has 0 spiro atoms. The van der Waals surface area contributed by atoms with E-state index in [0.717, 1.165) is 16.0 Å². The van der Waals surface area contributed by atoms with E-state index < -0.39 is 6.03 Å². The van der Waals surface area contributed by atoms with Gasteiger partial charge >= 0.3 is 6.03 Å². The van der Waals surface area contributed by atoms with Crippen molar-refractivity contribution >= 4 is 29.0 Å². The Morgan fingerprint density at radius 1 is 1.05 bits per heavy atom. The molecule has 0 fully saturated rings. The lowest BCUT2D eigenvalue weighted by molar-refractivity contribution is -0.115. The Morgan fingerprint density at radius 3 is 2.36 bits per heavy atom. The van der Waals surface area contributed by atoms with Gasteiger partial charge in [0.15, 0.2) is 0 Å². The number of urea groups is 1. The molecule has 114 valence electrons. The zero-order chi connectivity index (χ0) is 16.3. The molecule has 2 rings (SSSR count). The van der Waals surface area contributed by atoms with Crippen LogP contribution in [0.25, 0.3) is 0 Å². The van der Waals surface area contributed by atoms with Crippen molar-refractivity contribution in [1.29, 1.82) is 0 Å². The molecule has 0 saturated heterocycles. The molecule has 0 aliphatic rings. The number of anilines is 3. The highest BCUT2D eigenvalue weighted by Crippen LogP contribution is 2.20. The molecule has 0 aromatic heterocycles. The molecule has 0 bridgehead atoms. The number of carbonyl (C=O) groups is 2. The molecule has 5 nitrogen and oxygen atoms in total. The van der Waals surface area contributed by atoms with Crippen molar-refractivity contribution in [2.75, 3.05) is 16.0 Å². The summed E-state index contributed by atoms with van der Waals surface area (Å²) in [6.07, 6.45) is 0. The number of carbonyl (C=O) groups excluding carboxylic acids is 2. The number of hydrogen-bond acceptors (Lipinski definition) is 3. The number of nitrogens with zero attached hydrogens (tertiary/aromatic N) is 1. The Kier molecular flexibility index (Phi) is 4.46. The predicted molar refractivity (Wildman–Crippen MR) is 88.9 cm³/mol. The van der Waals surface area contributed by atoms with E-state index in [1.165, 1.54) is 6.92 Å². The van der Waals surface area contributed by atoms with Crippen LogP contribution in [0.1, 0.15) is 18.1 Å². The molecule has 2 aromatic carbocycles. The number of amides is 3. The first-order valence-corrected chi connectivity index (χ1v) is 6.93. The summed E-state index contributed by atoms with van der Waals surface area (Å²) in [5, 5.41) is 2.73. The highest BCUT2D eigenvalue weighted by atomic mass is 16.2. The van der Waals surface area contributed by atoms with E-state index in [1.54, 1.807) is 30.3 Å².